The molecular weight excluding hydrogens is 254 g/mol. The van der Waals surface area contributed by atoms with E-state index in [0.29, 0.717) is 17.4 Å². The summed E-state index contributed by atoms with van der Waals surface area (Å²) in [5.74, 6) is 2.01. The van der Waals surface area contributed by atoms with Gasteiger partial charge < -0.3 is 10.1 Å². The number of ether oxygens (including phenoxy) is 1. The molecule has 1 N–H and O–H groups in total. The number of fused-ring (bicyclic) bond motifs is 1. The Morgan fingerprint density at radius 3 is 2.65 bits per heavy atom. The van der Waals surface area contributed by atoms with Crippen LogP contribution in [0.2, 0.25) is 0 Å². The van der Waals surface area contributed by atoms with E-state index in [4.69, 9.17) is 4.74 Å². The first-order valence-corrected chi connectivity index (χ1v) is 6.77. The summed E-state index contributed by atoms with van der Waals surface area (Å²) in [7, 11) is 3.46. The number of aromatic nitrogens is 4. The quantitative estimate of drug-likeness (QED) is 0.918. The number of hydrogen-bond acceptors (Lipinski definition) is 6. The summed E-state index contributed by atoms with van der Waals surface area (Å²) in [6, 6.07) is 3.60. The van der Waals surface area contributed by atoms with Gasteiger partial charge in [-0.1, -0.05) is 0 Å². The number of rotatable bonds is 3. The van der Waals surface area contributed by atoms with E-state index < -0.39 is 0 Å². The Labute approximate surface area is 117 Å². The highest BCUT2D eigenvalue weighted by Gasteiger charge is 2.18. The number of nitrogens with zero attached hydrogens (tertiary/aromatic N) is 4. The Morgan fingerprint density at radius 1 is 1.10 bits per heavy atom. The Bertz CT molecular complexity index is 594. The Morgan fingerprint density at radius 2 is 1.95 bits per heavy atom. The minimum absolute atomic E-state index is 0.487. The summed E-state index contributed by atoms with van der Waals surface area (Å²) in [5, 5.41) is 11.2. The monoisotopic (exact) mass is 271 g/mol. The van der Waals surface area contributed by atoms with Gasteiger partial charge in [0, 0.05) is 24.4 Å². The average molecular weight is 271 g/mol. The van der Waals surface area contributed by atoms with E-state index in [1.54, 1.807) is 13.2 Å². The summed E-state index contributed by atoms with van der Waals surface area (Å²) in [4.78, 5) is 9.22. The first kappa shape index (κ1) is 12.8. The second kappa shape index (κ2) is 5.40. The van der Waals surface area contributed by atoms with Gasteiger partial charge in [0.2, 0.25) is 5.88 Å². The summed E-state index contributed by atoms with van der Waals surface area (Å²) in [5.41, 5.74) is 3.03. The van der Waals surface area contributed by atoms with Crippen LogP contribution in [0, 0.1) is 0 Å². The average Bonchev–Trinajstić information content (AvgIpc) is 2.54. The zero-order valence-electron chi connectivity index (χ0n) is 11.7. The van der Waals surface area contributed by atoms with E-state index in [1.165, 1.54) is 18.4 Å². The third kappa shape index (κ3) is 2.29. The van der Waals surface area contributed by atoms with E-state index in [0.717, 1.165) is 24.4 Å². The molecule has 20 heavy (non-hydrogen) atoms. The number of anilines is 1. The van der Waals surface area contributed by atoms with Crippen molar-refractivity contribution in [1.29, 1.82) is 0 Å². The lowest BCUT2D eigenvalue weighted by Gasteiger charge is -2.18. The number of hydrogen-bond donors (Lipinski definition) is 1. The number of nitrogens with one attached hydrogen (secondary N) is 1. The van der Waals surface area contributed by atoms with Crippen LogP contribution in [-0.2, 0) is 12.8 Å². The van der Waals surface area contributed by atoms with Crippen LogP contribution in [0.15, 0.2) is 12.1 Å². The summed E-state index contributed by atoms with van der Waals surface area (Å²) < 4.78 is 5.01. The SMILES string of the molecule is CNc1nc(-c2ccc(OC)nn2)nc2c1CCCC2. The van der Waals surface area contributed by atoms with Gasteiger partial charge in [-0.2, -0.15) is 0 Å². The van der Waals surface area contributed by atoms with Crippen molar-refractivity contribution < 1.29 is 4.74 Å². The first-order valence-electron chi connectivity index (χ1n) is 6.77. The molecule has 0 saturated heterocycles. The van der Waals surface area contributed by atoms with Gasteiger partial charge in [0.1, 0.15) is 11.5 Å². The molecule has 0 aliphatic heterocycles. The van der Waals surface area contributed by atoms with Crippen LogP contribution in [-0.4, -0.2) is 34.3 Å². The van der Waals surface area contributed by atoms with E-state index in [2.05, 4.69) is 25.5 Å². The third-order valence-electron chi connectivity index (χ3n) is 3.50. The first-order chi connectivity index (χ1) is 9.81. The van der Waals surface area contributed by atoms with Gasteiger partial charge in [0.05, 0.1) is 7.11 Å². The van der Waals surface area contributed by atoms with Crippen molar-refractivity contribution in [3.63, 3.8) is 0 Å². The van der Waals surface area contributed by atoms with Crippen molar-refractivity contribution in [3.05, 3.63) is 23.4 Å². The fourth-order valence-corrected chi connectivity index (χ4v) is 2.46. The zero-order chi connectivity index (χ0) is 13.9. The lowest BCUT2D eigenvalue weighted by Crippen LogP contribution is -2.12. The molecule has 2 heterocycles. The Balaban J connectivity index is 2.04. The lowest BCUT2D eigenvalue weighted by atomic mass is 9.96. The normalized spacial score (nSPS) is 13.7. The molecule has 0 saturated carbocycles. The van der Waals surface area contributed by atoms with Gasteiger partial charge in [-0.15, -0.1) is 10.2 Å². The molecule has 6 heteroatoms. The molecule has 6 nitrogen and oxygen atoms in total. The van der Waals surface area contributed by atoms with Gasteiger partial charge in [0.15, 0.2) is 5.82 Å². The summed E-state index contributed by atoms with van der Waals surface area (Å²) in [6.07, 6.45) is 4.43. The molecule has 2 aromatic heterocycles. The molecule has 0 aromatic carbocycles. The molecule has 0 spiro atoms. The molecule has 0 radical (unpaired) electrons. The van der Waals surface area contributed by atoms with Gasteiger partial charge >= 0.3 is 0 Å². The van der Waals surface area contributed by atoms with Crippen molar-refractivity contribution in [2.45, 2.75) is 25.7 Å². The maximum atomic E-state index is 5.01. The van der Waals surface area contributed by atoms with Gasteiger partial charge in [-0.25, -0.2) is 9.97 Å². The summed E-state index contributed by atoms with van der Waals surface area (Å²) >= 11 is 0. The molecule has 104 valence electrons. The minimum Gasteiger partial charge on any atom is -0.480 e. The molecule has 1 aliphatic rings. The van der Waals surface area contributed by atoms with Gasteiger partial charge in [0.25, 0.3) is 0 Å². The molecule has 1 aliphatic carbocycles. The maximum Gasteiger partial charge on any atom is 0.233 e. The molecule has 3 rings (SSSR count). The van der Waals surface area contributed by atoms with Crippen LogP contribution in [0.4, 0.5) is 5.82 Å². The van der Waals surface area contributed by atoms with E-state index in [-0.39, 0.29) is 0 Å². The van der Waals surface area contributed by atoms with Crippen molar-refractivity contribution in [2.24, 2.45) is 0 Å². The fraction of sp³-hybridized carbons (Fsp3) is 0.429. The largest absolute Gasteiger partial charge is 0.480 e. The number of aryl methyl sites for hydroxylation is 1. The predicted octanol–water partition coefficient (Wildman–Crippen LogP) is 1.86. The minimum atomic E-state index is 0.487. The molecule has 0 unspecified atom stereocenters. The molecule has 0 bridgehead atoms. The highest BCUT2D eigenvalue weighted by atomic mass is 16.5. The topological polar surface area (TPSA) is 72.8 Å². The molecular formula is C14H17N5O. The standard InChI is InChI=1S/C14H17N5O/c1-15-13-9-5-3-4-6-10(9)16-14(17-13)11-7-8-12(20-2)19-18-11/h7-8H,3-6H2,1-2H3,(H,15,16,17). The third-order valence-corrected chi connectivity index (χ3v) is 3.50. The Kier molecular flexibility index (Phi) is 3.45. The highest BCUT2D eigenvalue weighted by molar-refractivity contribution is 5.56. The van der Waals surface area contributed by atoms with Crippen LogP contribution >= 0.6 is 0 Å². The zero-order valence-corrected chi connectivity index (χ0v) is 11.7. The van der Waals surface area contributed by atoms with Crippen LogP contribution in [0.3, 0.4) is 0 Å². The maximum absolute atomic E-state index is 5.01. The van der Waals surface area contributed by atoms with Crippen LogP contribution in [0.5, 0.6) is 5.88 Å². The van der Waals surface area contributed by atoms with Crippen molar-refractivity contribution >= 4 is 5.82 Å². The highest BCUT2D eigenvalue weighted by Crippen LogP contribution is 2.27. The smallest absolute Gasteiger partial charge is 0.233 e. The van der Waals surface area contributed by atoms with Gasteiger partial charge in [-0.05, 0) is 31.7 Å². The van der Waals surface area contributed by atoms with E-state index >= 15 is 0 Å². The van der Waals surface area contributed by atoms with Crippen molar-refractivity contribution in [3.8, 4) is 17.4 Å². The second-order valence-corrected chi connectivity index (χ2v) is 4.74. The van der Waals surface area contributed by atoms with E-state index in [1.807, 2.05) is 13.1 Å². The molecule has 2 aromatic rings. The Hall–Kier alpha value is -2.24. The predicted molar refractivity (Wildman–Crippen MR) is 75.8 cm³/mol. The van der Waals surface area contributed by atoms with Crippen LogP contribution < -0.4 is 10.1 Å². The molecule has 0 fully saturated rings. The fourth-order valence-electron chi connectivity index (χ4n) is 2.46. The van der Waals surface area contributed by atoms with Crippen LogP contribution in [0.25, 0.3) is 11.5 Å². The molecule has 0 atom stereocenters. The van der Waals surface area contributed by atoms with Crippen LogP contribution in [0.1, 0.15) is 24.1 Å². The van der Waals surface area contributed by atoms with Gasteiger partial charge in [-0.3, -0.25) is 0 Å². The van der Waals surface area contributed by atoms with Crippen molar-refractivity contribution in [2.75, 3.05) is 19.5 Å². The lowest BCUT2D eigenvalue weighted by molar-refractivity contribution is 0.392. The molecule has 0 amide bonds. The number of methoxy groups -OCH3 is 1. The van der Waals surface area contributed by atoms with Crippen molar-refractivity contribution in [1.82, 2.24) is 20.2 Å². The van der Waals surface area contributed by atoms with E-state index in [9.17, 15) is 0 Å². The summed E-state index contributed by atoms with van der Waals surface area (Å²) in [6.45, 7) is 0. The second-order valence-electron chi connectivity index (χ2n) is 4.74.